The van der Waals surface area contributed by atoms with Gasteiger partial charge in [0.25, 0.3) is 0 Å². The number of anilines is 1. The molecule has 4 heterocycles. The first-order valence-electron chi connectivity index (χ1n) is 13.3. The maximum absolute atomic E-state index is 11.1. The molecule has 38 heavy (non-hydrogen) atoms. The van der Waals surface area contributed by atoms with Gasteiger partial charge in [0.1, 0.15) is 0 Å². The third-order valence-electron chi connectivity index (χ3n) is 8.19. The van der Waals surface area contributed by atoms with E-state index in [-0.39, 0.29) is 12.5 Å². The molecular formula is C31H32N3O4+. The molecule has 1 aromatic heterocycles. The highest BCUT2D eigenvalue weighted by Gasteiger charge is 2.29. The van der Waals surface area contributed by atoms with Crippen molar-refractivity contribution in [1.82, 2.24) is 4.90 Å². The Morgan fingerprint density at radius 3 is 2.47 bits per heavy atom. The number of nitrogens with zero attached hydrogens (tertiary/aromatic N) is 3. The number of aromatic hydroxyl groups is 1. The number of methoxy groups -OCH3 is 1. The largest absolute Gasteiger partial charge is 0.504 e. The maximum atomic E-state index is 11.1. The van der Waals surface area contributed by atoms with Crippen molar-refractivity contribution in [1.29, 1.82) is 0 Å². The molecule has 0 aliphatic carbocycles. The van der Waals surface area contributed by atoms with Gasteiger partial charge in [0.05, 0.1) is 18.1 Å². The minimum atomic E-state index is 0.197. The number of phenols is 1. The lowest BCUT2D eigenvalue weighted by Gasteiger charge is -2.36. The molecule has 7 rings (SSSR count). The maximum Gasteiger partial charge on any atom is 0.231 e. The van der Waals surface area contributed by atoms with Crippen LogP contribution in [0.15, 0.2) is 54.7 Å². The minimum Gasteiger partial charge on any atom is -0.504 e. The van der Waals surface area contributed by atoms with Crippen LogP contribution in [0, 0.1) is 6.92 Å². The predicted molar refractivity (Wildman–Crippen MR) is 146 cm³/mol. The molecule has 0 bridgehead atoms. The zero-order chi connectivity index (χ0) is 25.8. The lowest BCUT2D eigenvalue weighted by molar-refractivity contribution is -0.686. The fraction of sp³-hybridized carbons (Fsp3) is 0.323. The molecule has 7 heteroatoms. The van der Waals surface area contributed by atoms with Gasteiger partial charge in [0.2, 0.25) is 12.5 Å². The fourth-order valence-electron chi connectivity index (χ4n) is 6.02. The molecule has 1 N–H and O–H groups in total. The number of fused-ring (bicyclic) bond motifs is 5. The van der Waals surface area contributed by atoms with Crippen molar-refractivity contribution in [2.24, 2.45) is 0 Å². The van der Waals surface area contributed by atoms with Crippen molar-refractivity contribution in [3.8, 4) is 34.3 Å². The molecule has 3 aliphatic heterocycles. The van der Waals surface area contributed by atoms with Crippen LogP contribution in [0.1, 0.15) is 16.7 Å². The second-order valence-corrected chi connectivity index (χ2v) is 10.5. The van der Waals surface area contributed by atoms with Crippen LogP contribution >= 0.6 is 0 Å². The minimum absolute atomic E-state index is 0.197. The summed E-state index contributed by atoms with van der Waals surface area (Å²) in [5, 5.41) is 13.0. The molecule has 194 valence electrons. The van der Waals surface area contributed by atoms with Gasteiger partial charge in [-0.15, -0.1) is 0 Å². The van der Waals surface area contributed by atoms with E-state index in [1.807, 2.05) is 6.07 Å². The molecule has 4 aromatic rings. The van der Waals surface area contributed by atoms with Gasteiger partial charge in [-0.05, 0) is 48.4 Å². The normalized spacial score (nSPS) is 16.4. The number of piperazine rings is 1. The van der Waals surface area contributed by atoms with Gasteiger partial charge in [0.15, 0.2) is 35.7 Å². The average Bonchev–Trinajstić information content (AvgIpc) is 3.41. The molecule has 0 unspecified atom stereocenters. The lowest BCUT2D eigenvalue weighted by atomic mass is 9.94. The Hall–Kier alpha value is -3.97. The monoisotopic (exact) mass is 510 g/mol. The summed E-state index contributed by atoms with van der Waals surface area (Å²) >= 11 is 0. The molecule has 3 aromatic carbocycles. The van der Waals surface area contributed by atoms with Crippen LogP contribution in [0.4, 0.5) is 5.69 Å². The van der Waals surface area contributed by atoms with E-state index in [9.17, 15) is 5.11 Å². The van der Waals surface area contributed by atoms with E-state index in [1.54, 1.807) is 7.11 Å². The van der Waals surface area contributed by atoms with Gasteiger partial charge in [-0.1, -0.05) is 17.7 Å². The smallest absolute Gasteiger partial charge is 0.231 e. The summed E-state index contributed by atoms with van der Waals surface area (Å²) in [6.07, 6.45) is 2.98. The highest BCUT2D eigenvalue weighted by atomic mass is 16.7. The second-order valence-electron chi connectivity index (χ2n) is 10.5. The van der Waals surface area contributed by atoms with E-state index >= 15 is 0 Å². The molecular weight excluding hydrogens is 478 g/mol. The third-order valence-corrected chi connectivity index (χ3v) is 8.19. The molecule has 3 aliphatic rings. The Morgan fingerprint density at radius 2 is 1.71 bits per heavy atom. The summed E-state index contributed by atoms with van der Waals surface area (Å²) in [7, 11) is 1.62. The number of hydrogen-bond acceptors (Lipinski definition) is 6. The van der Waals surface area contributed by atoms with Crippen molar-refractivity contribution >= 4 is 16.5 Å². The summed E-state index contributed by atoms with van der Waals surface area (Å²) in [6, 6.07) is 17.2. The molecule has 0 spiro atoms. The van der Waals surface area contributed by atoms with E-state index in [2.05, 4.69) is 70.0 Å². The zero-order valence-corrected chi connectivity index (χ0v) is 21.9. The first kappa shape index (κ1) is 23.2. The number of pyridine rings is 1. The Morgan fingerprint density at radius 1 is 0.947 bits per heavy atom. The molecule has 0 atom stereocenters. The molecule has 0 saturated carbocycles. The van der Waals surface area contributed by atoms with E-state index in [1.165, 1.54) is 16.8 Å². The molecule has 1 saturated heterocycles. The summed E-state index contributed by atoms with van der Waals surface area (Å²) in [4.78, 5) is 4.95. The van der Waals surface area contributed by atoms with E-state index < -0.39 is 0 Å². The number of phenolic OH excluding ortho intramolecular Hbond substituents is 1. The number of hydrogen-bond donors (Lipinski definition) is 1. The summed E-state index contributed by atoms with van der Waals surface area (Å²) in [6.45, 7) is 7.96. The van der Waals surface area contributed by atoms with Crippen molar-refractivity contribution in [2.45, 2.75) is 26.4 Å². The quantitative estimate of drug-likeness (QED) is 0.410. The SMILES string of the molecule is COc1cc(CN2CCN(c3ccc(C)cc3)CC2)c2cc3[n+](cc2c1O)CCc1cc2c(cc1-3)OCO2. The number of rotatable bonds is 4. The zero-order valence-electron chi connectivity index (χ0n) is 21.9. The van der Waals surface area contributed by atoms with Gasteiger partial charge < -0.3 is 24.2 Å². The summed E-state index contributed by atoms with van der Waals surface area (Å²) < 4.78 is 19.1. The van der Waals surface area contributed by atoms with Crippen LogP contribution < -0.4 is 23.7 Å². The molecule has 0 amide bonds. The van der Waals surface area contributed by atoms with Gasteiger partial charge in [-0.25, -0.2) is 0 Å². The first-order valence-corrected chi connectivity index (χ1v) is 13.3. The van der Waals surface area contributed by atoms with Crippen LogP contribution in [-0.4, -0.2) is 50.1 Å². The highest BCUT2D eigenvalue weighted by Crippen LogP contribution is 2.42. The van der Waals surface area contributed by atoms with Crippen molar-refractivity contribution < 1.29 is 23.9 Å². The van der Waals surface area contributed by atoms with Crippen molar-refractivity contribution in [3.05, 3.63) is 71.4 Å². The Bertz CT molecular complexity index is 1540. The van der Waals surface area contributed by atoms with Gasteiger partial charge >= 0.3 is 0 Å². The Kier molecular flexibility index (Phi) is 5.55. The fourth-order valence-corrected chi connectivity index (χ4v) is 6.02. The predicted octanol–water partition coefficient (Wildman–Crippen LogP) is 4.42. The second kappa shape index (κ2) is 9.10. The first-order chi connectivity index (χ1) is 18.6. The van der Waals surface area contributed by atoms with Gasteiger partial charge in [-0.3, -0.25) is 4.90 Å². The van der Waals surface area contributed by atoms with Crippen LogP contribution in [0.5, 0.6) is 23.0 Å². The molecule has 1 fully saturated rings. The molecule has 0 radical (unpaired) electrons. The number of aryl methyl sites for hydroxylation is 3. The van der Waals surface area contributed by atoms with E-state index in [4.69, 9.17) is 14.2 Å². The van der Waals surface area contributed by atoms with Crippen LogP contribution in [0.3, 0.4) is 0 Å². The van der Waals surface area contributed by atoms with Crippen LogP contribution in [0.2, 0.25) is 0 Å². The number of aromatic nitrogens is 1. The van der Waals surface area contributed by atoms with E-state index in [0.717, 1.165) is 84.8 Å². The third kappa shape index (κ3) is 3.89. The van der Waals surface area contributed by atoms with E-state index in [0.29, 0.717) is 5.75 Å². The number of ether oxygens (including phenoxy) is 3. The number of benzene rings is 3. The van der Waals surface area contributed by atoms with Crippen molar-refractivity contribution in [3.63, 3.8) is 0 Å². The molecule has 7 nitrogen and oxygen atoms in total. The average molecular weight is 511 g/mol. The van der Waals surface area contributed by atoms with Crippen LogP contribution in [0.25, 0.3) is 22.0 Å². The summed E-state index contributed by atoms with van der Waals surface area (Å²) in [5.41, 5.74) is 7.29. The topological polar surface area (TPSA) is 58.3 Å². The highest BCUT2D eigenvalue weighted by molar-refractivity contribution is 5.94. The van der Waals surface area contributed by atoms with Gasteiger partial charge in [-0.2, -0.15) is 4.57 Å². The Labute approximate surface area is 222 Å². The van der Waals surface area contributed by atoms with Gasteiger partial charge in [0, 0.05) is 56.3 Å². The Balaban J connectivity index is 1.23. The van der Waals surface area contributed by atoms with Crippen molar-refractivity contribution in [2.75, 3.05) is 45.0 Å². The van der Waals surface area contributed by atoms with Crippen LogP contribution in [-0.2, 0) is 19.5 Å². The lowest BCUT2D eigenvalue weighted by Crippen LogP contribution is -2.46. The summed E-state index contributed by atoms with van der Waals surface area (Å²) in [5.74, 6) is 2.33. The standard InChI is InChI=1S/C31H31N3O4/c1-20-3-5-23(6-4-20)33-11-9-32(10-12-33)17-22-14-30(36-2)31(35)26-18-34-8-7-21-13-28-29(38-19-37-28)16-25(21)27(34)15-24(22)26/h3-6,13-16,18H,7-12,17,19H2,1-2H3/p+1.